The zero-order valence-electron chi connectivity index (χ0n) is 24.8. The van der Waals surface area contributed by atoms with Gasteiger partial charge in [0.1, 0.15) is 12.4 Å². The highest BCUT2D eigenvalue weighted by Gasteiger charge is 2.32. The second-order valence-electron chi connectivity index (χ2n) is 10.6. The lowest BCUT2D eigenvalue weighted by Gasteiger charge is -2.34. The second-order valence-corrected chi connectivity index (χ2v) is 10.6. The van der Waals surface area contributed by atoms with E-state index in [0.717, 1.165) is 22.6 Å². The van der Waals surface area contributed by atoms with Crippen LogP contribution in [0.1, 0.15) is 36.1 Å². The predicted molar refractivity (Wildman–Crippen MR) is 157 cm³/mol. The van der Waals surface area contributed by atoms with Crippen molar-refractivity contribution in [1.82, 2.24) is 29.2 Å². The minimum atomic E-state index is -4.53. The van der Waals surface area contributed by atoms with E-state index in [1.807, 2.05) is 0 Å². The molecule has 46 heavy (non-hydrogen) atoms. The molecule has 1 atom stereocenters. The van der Waals surface area contributed by atoms with E-state index in [4.69, 9.17) is 9.47 Å². The molecule has 4 aromatic rings. The van der Waals surface area contributed by atoms with Crippen molar-refractivity contribution >= 4 is 22.8 Å². The molecule has 0 radical (unpaired) electrons. The van der Waals surface area contributed by atoms with Crippen molar-refractivity contribution in [2.75, 3.05) is 44.8 Å². The highest BCUT2D eigenvalue weighted by atomic mass is 19.4. The fourth-order valence-electron chi connectivity index (χ4n) is 5.02. The Labute approximate surface area is 259 Å². The van der Waals surface area contributed by atoms with Crippen LogP contribution >= 0.6 is 0 Å². The zero-order chi connectivity index (χ0) is 33.0. The molecule has 0 saturated carbocycles. The summed E-state index contributed by atoms with van der Waals surface area (Å²) in [7, 11) is 1.53. The number of fused-ring (bicyclic) bond motifs is 1. The number of alkyl halides is 5. The van der Waals surface area contributed by atoms with Crippen molar-refractivity contribution in [3.05, 3.63) is 88.4 Å². The first-order valence-electron chi connectivity index (χ1n) is 14.2. The molecule has 1 amide bonds. The monoisotopic (exact) mass is 647 g/mol. The normalized spacial score (nSPS) is 14.8. The van der Waals surface area contributed by atoms with Crippen molar-refractivity contribution in [3.8, 4) is 5.75 Å². The molecule has 1 aromatic carbocycles. The number of methoxy groups -OCH3 is 1. The van der Waals surface area contributed by atoms with E-state index in [1.165, 1.54) is 36.4 Å². The van der Waals surface area contributed by atoms with Crippen LogP contribution in [0.15, 0.2) is 66.2 Å². The number of rotatable bonds is 10. The van der Waals surface area contributed by atoms with Gasteiger partial charge >= 0.3 is 6.18 Å². The van der Waals surface area contributed by atoms with Gasteiger partial charge in [0.05, 0.1) is 48.6 Å². The van der Waals surface area contributed by atoms with Gasteiger partial charge in [-0.25, -0.2) is 23.4 Å². The van der Waals surface area contributed by atoms with Gasteiger partial charge in [-0.3, -0.25) is 9.59 Å². The second kappa shape index (κ2) is 13.5. The molecule has 4 heterocycles. The van der Waals surface area contributed by atoms with Gasteiger partial charge in [0.15, 0.2) is 0 Å². The first kappa shape index (κ1) is 32.4. The summed E-state index contributed by atoms with van der Waals surface area (Å²) in [5.74, 6) is 0.445. The van der Waals surface area contributed by atoms with Gasteiger partial charge in [0, 0.05) is 56.4 Å². The molecule has 0 bridgehead atoms. The largest absolute Gasteiger partial charge is 0.499 e. The number of hydrogen-bond donors (Lipinski definition) is 0. The smallest absolute Gasteiger partial charge is 0.419 e. The molecular formula is C30H30F5N7O4. The average Bonchev–Trinajstić information content (AvgIpc) is 3.45. The van der Waals surface area contributed by atoms with Gasteiger partial charge in [-0.1, -0.05) is 12.1 Å². The maximum Gasteiger partial charge on any atom is 0.419 e. The third-order valence-electron chi connectivity index (χ3n) is 7.55. The first-order valence-corrected chi connectivity index (χ1v) is 14.2. The number of anilines is 1. The van der Waals surface area contributed by atoms with E-state index in [9.17, 15) is 31.5 Å². The summed E-state index contributed by atoms with van der Waals surface area (Å²) in [6.45, 7) is 3.04. The van der Waals surface area contributed by atoms with E-state index >= 15 is 0 Å². The van der Waals surface area contributed by atoms with E-state index in [1.54, 1.807) is 41.0 Å². The van der Waals surface area contributed by atoms with Crippen molar-refractivity contribution in [1.29, 1.82) is 0 Å². The van der Waals surface area contributed by atoms with Gasteiger partial charge in [-0.15, -0.1) is 0 Å². The molecule has 3 aromatic heterocycles. The van der Waals surface area contributed by atoms with E-state index in [2.05, 4.69) is 15.1 Å². The Balaban J connectivity index is 1.18. The van der Waals surface area contributed by atoms with Crippen LogP contribution in [0.25, 0.3) is 10.9 Å². The number of halogens is 5. The van der Waals surface area contributed by atoms with Crippen LogP contribution in [-0.2, 0) is 22.3 Å². The number of carbonyl (C=O) groups excluding carboxylic acids is 1. The minimum Gasteiger partial charge on any atom is -0.499 e. The standard InChI is InChI=1S/C30H30F5N7O4/c1-19(18-46-12-7-25(43)39-8-10-40(11-9-39)29-36-13-21(14-37-29)30(33,34)35)41-17-23(27(31)32)26-24(41)15-38-42(28(26)44)16-20-3-5-22(45-2)6-4-20/h3-7,12-15,17,19,27H,8-11,16,18H2,1-2H3/b12-7+. The maximum atomic E-state index is 14.0. The SMILES string of the molecule is COc1ccc(Cn2ncc3c(c(C(F)F)cn3C(C)CO/C=C/C(=O)N3CCN(c4ncc(C(F)(F)F)cn4)CC3)c2=O)cc1. The lowest BCUT2D eigenvalue weighted by atomic mass is 10.2. The van der Waals surface area contributed by atoms with Crippen LogP contribution < -0.4 is 15.2 Å². The number of benzene rings is 1. The number of carbonyl (C=O) groups is 1. The van der Waals surface area contributed by atoms with Gasteiger partial charge in [-0.2, -0.15) is 18.3 Å². The average molecular weight is 648 g/mol. The molecule has 1 saturated heterocycles. The Morgan fingerprint density at radius 3 is 2.33 bits per heavy atom. The van der Waals surface area contributed by atoms with Gasteiger partial charge in [-0.05, 0) is 24.6 Å². The number of nitrogens with zero attached hydrogens (tertiary/aromatic N) is 7. The van der Waals surface area contributed by atoms with Gasteiger partial charge in [0.2, 0.25) is 11.9 Å². The lowest BCUT2D eigenvalue weighted by Crippen LogP contribution is -2.48. The fraction of sp³-hybridized carbons (Fsp3) is 0.367. The Bertz CT molecular complexity index is 1750. The number of amides is 1. The zero-order valence-corrected chi connectivity index (χ0v) is 24.8. The molecule has 16 heteroatoms. The summed E-state index contributed by atoms with van der Waals surface area (Å²) in [4.78, 5) is 36.7. The number of piperazine rings is 1. The number of hydrogen-bond acceptors (Lipinski definition) is 8. The third kappa shape index (κ3) is 7.10. The predicted octanol–water partition coefficient (Wildman–Crippen LogP) is 4.44. The summed E-state index contributed by atoms with van der Waals surface area (Å²) in [5, 5.41) is 4.09. The highest BCUT2D eigenvalue weighted by molar-refractivity contribution is 5.87. The Hall–Kier alpha value is -5.02. The molecule has 1 unspecified atom stereocenters. The molecule has 1 aliphatic heterocycles. The molecular weight excluding hydrogens is 617 g/mol. The molecule has 11 nitrogen and oxygen atoms in total. The van der Waals surface area contributed by atoms with E-state index in [0.29, 0.717) is 31.9 Å². The molecule has 5 rings (SSSR count). The molecule has 0 N–H and O–H groups in total. The van der Waals surface area contributed by atoms with Crippen LogP contribution in [-0.4, -0.2) is 75.0 Å². The Morgan fingerprint density at radius 2 is 1.72 bits per heavy atom. The van der Waals surface area contributed by atoms with Gasteiger partial charge in [0.25, 0.3) is 12.0 Å². The Kier molecular flexibility index (Phi) is 9.53. The van der Waals surface area contributed by atoms with Crippen molar-refractivity contribution in [2.45, 2.75) is 32.1 Å². The summed E-state index contributed by atoms with van der Waals surface area (Å²) in [6.07, 6.45) is -0.940. The highest BCUT2D eigenvalue weighted by Crippen LogP contribution is 2.30. The summed E-state index contributed by atoms with van der Waals surface area (Å²) in [6, 6.07) is 6.47. The molecule has 1 aliphatic rings. The fourth-order valence-corrected chi connectivity index (χ4v) is 5.02. The van der Waals surface area contributed by atoms with Crippen LogP contribution in [0.3, 0.4) is 0 Å². The molecule has 1 fully saturated rings. The molecule has 0 aliphatic carbocycles. The number of ether oxygens (including phenoxy) is 2. The van der Waals surface area contributed by atoms with E-state index < -0.39 is 35.3 Å². The summed E-state index contributed by atoms with van der Waals surface area (Å²) >= 11 is 0. The number of aromatic nitrogens is 5. The Morgan fingerprint density at radius 1 is 1.04 bits per heavy atom. The topological polar surface area (TPSA) is 108 Å². The third-order valence-corrected chi connectivity index (χ3v) is 7.55. The van der Waals surface area contributed by atoms with Crippen molar-refractivity contribution in [3.63, 3.8) is 0 Å². The van der Waals surface area contributed by atoms with Crippen molar-refractivity contribution in [2.24, 2.45) is 0 Å². The molecule has 0 spiro atoms. The van der Waals surface area contributed by atoms with Crippen LogP contribution in [0.2, 0.25) is 0 Å². The van der Waals surface area contributed by atoms with Crippen LogP contribution in [0, 0.1) is 0 Å². The summed E-state index contributed by atoms with van der Waals surface area (Å²) in [5.41, 5.74) is -1.02. The first-order chi connectivity index (χ1) is 22.0. The van der Waals surface area contributed by atoms with E-state index in [-0.39, 0.29) is 35.9 Å². The summed E-state index contributed by atoms with van der Waals surface area (Å²) < 4.78 is 79.6. The van der Waals surface area contributed by atoms with Crippen molar-refractivity contribution < 1.29 is 36.2 Å². The maximum absolute atomic E-state index is 14.0. The lowest BCUT2D eigenvalue weighted by molar-refractivity contribution is -0.138. The molecule has 244 valence electrons. The van der Waals surface area contributed by atoms with Gasteiger partial charge < -0.3 is 23.8 Å². The van der Waals surface area contributed by atoms with Crippen LogP contribution in [0.4, 0.5) is 27.9 Å². The minimum absolute atomic E-state index is 0.00418. The quantitative estimate of drug-likeness (QED) is 0.141. The van der Waals surface area contributed by atoms with Crippen LogP contribution in [0.5, 0.6) is 5.75 Å².